The summed E-state index contributed by atoms with van der Waals surface area (Å²) in [7, 11) is 0. The van der Waals surface area contributed by atoms with Crippen LogP contribution in [0, 0.1) is 0 Å². The van der Waals surface area contributed by atoms with Crippen LogP contribution in [0.3, 0.4) is 0 Å². The van der Waals surface area contributed by atoms with Gasteiger partial charge in [-0.25, -0.2) is 0 Å². The minimum Gasteiger partial charge on any atom is -0.350 e. The second-order valence-electron chi connectivity index (χ2n) is 3.91. The topological polar surface area (TPSA) is 41.1 Å². The lowest BCUT2D eigenvalue weighted by Crippen LogP contribution is -2.44. The van der Waals surface area contributed by atoms with Gasteiger partial charge in [0.15, 0.2) is 0 Å². The van der Waals surface area contributed by atoms with Crippen molar-refractivity contribution in [1.82, 2.24) is 10.6 Å². The SMILES string of the molecule is O=C1NCC2NC3CC=CC=C3C=C12. The van der Waals surface area contributed by atoms with E-state index in [-0.39, 0.29) is 11.9 Å². The number of nitrogens with one attached hydrogen (secondary N) is 2. The van der Waals surface area contributed by atoms with Crippen LogP contribution < -0.4 is 10.6 Å². The molecule has 0 saturated carbocycles. The molecule has 0 bridgehead atoms. The molecule has 0 aromatic heterocycles. The van der Waals surface area contributed by atoms with Crippen molar-refractivity contribution in [2.45, 2.75) is 18.5 Å². The molecule has 0 aromatic rings. The first kappa shape index (κ1) is 8.00. The Morgan fingerprint density at radius 2 is 2.29 bits per heavy atom. The lowest BCUT2D eigenvalue weighted by atomic mass is 9.90. The highest BCUT2D eigenvalue weighted by Crippen LogP contribution is 2.25. The van der Waals surface area contributed by atoms with E-state index in [0.29, 0.717) is 6.04 Å². The summed E-state index contributed by atoms with van der Waals surface area (Å²) in [6.45, 7) is 0.734. The zero-order valence-electron chi connectivity index (χ0n) is 7.79. The van der Waals surface area contributed by atoms with Crippen LogP contribution in [0.25, 0.3) is 0 Å². The summed E-state index contributed by atoms with van der Waals surface area (Å²) in [5, 5.41) is 6.33. The summed E-state index contributed by atoms with van der Waals surface area (Å²) in [5.74, 6) is 0.0800. The van der Waals surface area contributed by atoms with Crippen LogP contribution in [0.5, 0.6) is 0 Å². The van der Waals surface area contributed by atoms with E-state index >= 15 is 0 Å². The highest BCUT2D eigenvalue weighted by atomic mass is 16.2. The maximum Gasteiger partial charge on any atom is 0.248 e. The van der Waals surface area contributed by atoms with Gasteiger partial charge in [0.2, 0.25) is 5.91 Å². The van der Waals surface area contributed by atoms with Gasteiger partial charge in [0, 0.05) is 18.2 Å². The van der Waals surface area contributed by atoms with Crippen LogP contribution in [-0.4, -0.2) is 24.5 Å². The third-order valence-electron chi connectivity index (χ3n) is 3.03. The minimum atomic E-state index is 0.0800. The number of rotatable bonds is 0. The first-order valence-corrected chi connectivity index (χ1v) is 4.97. The fraction of sp³-hybridized carbons (Fsp3) is 0.364. The number of allylic oxidation sites excluding steroid dienone is 2. The molecule has 2 N–H and O–H groups in total. The zero-order valence-corrected chi connectivity index (χ0v) is 7.79. The lowest BCUT2D eigenvalue weighted by Gasteiger charge is -2.29. The Hall–Kier alpha value is -1.35. The molecule has 1 aliphatic carbocycles. The molecule has 2 unspecified atom stereocenters. The Labute approximate surface area is 82.6 Å². The number of carbonyl (C=O) groups is 1. The molecule has 3 nitrogen and oxygen atoms in total. The Morgan fingerprint density at radius 3 is 3.21 bits per heavy atom. The van der Waals surface area contributed by atoms with E-state index in [1.807, 2.05) is 6.08 Å². The van der Waals surface area contributed by atoms with Crippen LogP contribution in [0.2, 0.25) is 0 Å². The van der Waals surface area contributed by atoms with Crippen LogP contribution in [-0.2, 0) is 4.79 Å². The molecule has 3 heteroatoms. The zero-order chi connectivity index (χ0) is 9.54. The number of carbonyl (C=O) groups excluding carboxylic acids is 1. The summed E-state index contributed by atoms with van der Waals surface area (Å²) in [4.78, 5) is 11.4. The van der Waals surface area contributed by atoms with Crippen LogP contribution in [0.1, 0.15) is 6.42 Å². The molecule has 1 fully saturated rings. The summed E-state index contributed by atoms with van der Waals surface area (Å²) in [6.07, 6.45) is 9.36. The minimum absolute atomic E-state index is 0.0800. The summed E-state index contributed by atoms with van der Waals surface area (Å²) in [5.41, 5.74) is 2.12. The lowest BCUT2D eigenvalue weighted by molar-refractivity contribution is -0.116. The van der Waals surface area contributed by atoms with E-state index in [9.17, 15) is 4.79 Å². The molecular formula is C11H12N2O. The fourth-order valence-corrected chi connectivity index (χ4v) is 2.26. The van der Waals surface area contributed by atoms with Gasteiger partial charge in [0.25, 0.3) is 0 Å². The van der Waals surface area contributed by atoms with Crippen molar-refractivity contribution in [1.29, 1.82) is 0 Å². The van der Waals surface area contributed by atoms with E-state index in [0.717, 1.165) is 18.5 Å². The van der Waals surface area contributed by atoms with E-state index in [2.05, 4.69) is 28.9 Å². The van der Waals surface area contributed by atoms with Crippen molar-refractivity contribution in [3.8, 4) is 0 Å². The molecule has 0 radical (unpaired) electrons. The van der Waals surface area contributed by atoms with Crippen molar-refractivity contribution in [2.24, 2.45) is 0 Å². The largest absolute Gasteiger partial charge is 0.350 e. The van der Waals surface area contributed by atoms with Crippen molar-refractivity contribution in [2.75, 3.05) is 6.54 Å². The van der Waals surface area contributed by atoms with Crippen LogP contribution >= 0.6 is 0 Å². The monoisotopic (exact) mass is 188 g/mol. The van der Waals surface area contributed by atoms with E-state index in [1.54, 1.807) is 0 Å². The molecule has 2 atom stereocenters. The van der Waals surface area contributed by atoms with Gasteiger partial charge in [-0.2, -0.15) is 0 Å². The fourth-order valence-electron chi connectivity index (χ4n) is 2.26. The number of hydrogen-bond donors (Lipinski definition) is 2. The first-order valence-electron chi connectivity index (χ1n) is 4.97. The summed E-state index contributed by atoms with van der Waals surface area (Å²) >= 11 is 0. The highest BCUT2D eigenvalue weighted by molar-refractivity contribution is 5.98. The quantitative estimate of drug-likeness (QED) is 0.573. The number of fused-ring (bicyclic) bond motifs is 2. The van der Waals surface area contributed by atoms with E-state index < -0.39 is 0 Å². The Kier molecular flexibility index (Phi) is 1.61. The molecule has 3 rings (SSSR count). The van der Waals surface area contributed by atoms with Gasteiger partial charge in [-0.15, -0.1) is 0 Å². The molecule has 2 heterocycles. The third-order valence-corrected chi connectivity index (χ3v) is 3.03. The van der Waals surface area contributed by atoms with Crippen molar-refractivity contribution in [3.63, 3.8) is 0 Å². The molecule has 1 amide bonds. The average molecular weight is 188 g/mol. The van der Waals surface area contributed by atoms with E-state index in [4.69, 9.17) is 0 Å². The maximum atomic E-state index is 11.4. The molecule has 0 aromatic carbocycles. The van der Waals surface area contributed by atoms with Gasteiger partial charge in [-0.1, -0.05) is 18.2 Å². The molecule has 14 heavy (non-hydrogen) atoms. The molecular weight excluding hydrogens is 176 g/mol. The second-order valence-corrected chi connectivity index (χ2v) is 3.91. The van der Waals surface area contributed by atoms with Crippen molar-refractivity contribution < 1.29 is 4.79 Å². The highest BCUT2D eigenvalue weighted by Gasteiger charge is 2.34. The van der Waals surface area contributed by atoms with Crippen LogP contribution in [0.15, 0.2) is 35.5 Å². The molecule has 72 valence electrons. The number of amides is 1. The Bertz CT molecular complexity index is 379. The van der Waals surface area contributed by atoms with Gasteiger partial charge < -0.3 is 10.6 Å². The third kappa shape index (κ3) is 1.06. The van der Waals surface area contributed by atoms with E-state index in [1.165, 1.54) is 5.57 Å². The normalized spacial score (nSPS) is 34.1. The predicted octanol–water partition coefficient (Wildman–Crippen LogP) is 0.269. The summed E-state index contributed by atoms with van der Waals surface area (Å²) in [6, 6.07) is 0.623. The van der Waals surface area contributed by atoms with Gasteiger partial charge in [-0.05, 0) is 18.1 Å². The van der Waals surface area contributed by atoms with Gasteiger partial charge in [-0.3, -0.25) is 4.79 Å². The van der Waals surface area contributed by atoms with Crippen molar-refractivity contribution in [3.05, 3.63) is 35.5 Å². The average Bonchev–Trinajstić information content (AvgIpc) is 2.57. The maximum absolute atomic E-state index is 11.4. The first-order chi connectivity index (χ1) is 6.84. The van der Waals surface area contributed by atoms with Gasteiger partial charge >= 0.3 is 0 Å². The van der Waals surface area contributed by atoms with Crippen LogP contribution in [0.4, 0.5) is 0 Å². The number of hydrogen-bond acceptors (Lipinski definition) is 2. The standard InChI is InChI=1S/C11H12N2O/c14-11-8-5-7-3-1-2-4-9(7)13-10(8)6-12-11/h1-3,5,9-10,13H,4,6H2,(H,12,14). The summed E-state index contributed by atoms with van der Waals surface area (Å²) < 4.78 is 0. The van der Waals surface area contributed by atoms with Crippen molar-refractivity contribution >= 4 is 5.91 Å². The molecule has 3 aliphatic rings. The predicted molar refractivity (Wildman–Crippen MR) is 53.6 cm³/mol. The van der Waals surface area contributed by atoms with Gasteiger partial charge in [0.05, 0.1) is 6.04 Å². The molecule has 0 spiro atoms. The Balaban J connectivity index is 2.02. The smallest absolute Gasteiger partial charge is 0.248 e. The molecule has 1 saturated heterocycles. The molecule has 2 aliphatic heterocycles. The van der Waals surface area contributed by atoms with Gasteiger partial charge in [0.1, 0.15) is 0 Å². The Morgan fingerprint density at radius 1 is 1.36 bits per heavy atom. The second kappa shape index (κ2) is 2.82.